The molecule has 2 aromatic rings. The van der Waals surface area contributed by atoms with Crippen molar-refractivity contribution in [3.63, 3.8) is 0 Å². The smallest absolute Gasteiger partial charge is 0.253 e. The highest BCUT2D eigenvalue weighted by atomic mass is 32.1. The van der Waals surface area contributed by atoms with Gasteiger partial charge >= 0.3 is 0 Å². The maximum atomic E-state index is 13.4. The van der Waals surface area contributed by atoms with E-state index in [-0.39, 0.29) is 11.8 Å². The molecule has 0 spiro atoms. The number of amides is 2. The third kappa shape index (κ3) is 3.08. The van der Waals surface area contributed by atoms with Crippen LogP contribution >= 0.6 is 11.3 Å². The Morgan fingerprint density at radius 2 is 2.08 bits per heavy atom. The van der Waals surface area contributed by atoms with Gasteiger partial charge in [0, 0.05) is 20.5 Å². The van der Waals surface area contributed by atoms with E-state index in [4.69, 9.17) is 0 Å². The summed E-state index contributed by atoms with van der Waals surface area (Å²) < 4.78 is 0. The fourth-order valence-corrected chi connectivity index (χ4v) is 4.25. The second-order valence-electron chi connectivity index (χ2n) is 6.39. The molecule has 0 unspecified atom stereocenters. The summed E-state index contributed by atoms with van der Waals surface area (Å²) >= 11 is 1.62. The second kappa shape index (κ2) is 6.77. The van der Waals surface area contributed by atoms with Crippen molar-refractivity contribution in [2.75, 3.05) is 7.05 Å². The average molecular weight is 342 g/mol. The Morgan fingerprint density at radius 1 is 1.29 bits per heavy atom. The molecule has 1 aromatic carbocycles. The lowest BCUT2D eigenvalue weighted by atomic mass is 9.75. The minimum absolute atomic E-state index is 0.0453. The van der Waals surface area contributed by atoms with Crippen LogP contribution in [0.5, 0.6) is 0 Å². The third-order valence-corrected chi connectivity index (χ3v) is 5.31. The molecule has 0 fully saturated rings. The Balaban J connectivity index is 1.97. The molecule has 0 aliphatic heterocycles. The fourth-order valence-electron chi connectivity index (χ4n) is 3.59. The number of hydrogen-bond acceptors (Lipinski definition) is 3. The van der Waals surface area contributed by atoms with E-state index in [0.29, 0.717) is 13.0 Å². The fraction of sp³-hybridized carbons (Fsp3) is 0.368. The summed E-state index contributed by atoms with van der Waals surface area (Å²) in [6, 6.07) is 9.97. The molecule has 3 rings (SSSR count). The van der Waals surface area contributed by atoms with Gasteiger partial charge in [-0.25, -0.2) is 0 Å². The van der Waals surface area contributed by atoms with Crippen LogP contribution in [0.3, 0.4) is 0 Å². The molecule has 0 radical (unpaired) electrons. The molecule has 0 saturated carbocycles. The van der Waals surface area contributed by atoms with Crippen molar-refractivity contribution in [2.45, 2.75) is 38.3 Å². The zero-order chi connectivity index (χ0) is 17.2. The van der Waals surface area contributed by atoms with Crippen molar-refractivity contribution in [3.05, 3.63) is 57.8 Å². The molecular formula is C19H22N2O2S. The minimum atomic E-state index is -0.953. The van der Waals surface area contributed by atoms with Crippen molar-refractivity contribution >= 4 is 23.2 Å². The summed E-state index contributed by atoms with van der Waals surface area (Å²) in [6.45, 7) is 2.02. The van der Waals surface area contributed by atoms with Crippen LogP contribution in [0.4, 0.5) is 0 Å². The predicted molar refractivity (Wildman–Crippen MR) is 95.7 cm³/mol. The van der Waals surface area contributed by atoms with E-state index in [0.717, 1.165) is 29.5 Å². The molecule has 1 atom stereocenters. The summed E-state index contributed by atoms with van der Waals surface area (Å²) in [4.78, 5) is 27.0. The maximum Gasteiger partial charge on any atom is 0.253 e. The predicted octanol–water partition coefficient (Wildman–Crippen LogP) is 3.07. The van der Waals surface area contributed by atoms with E-state index in [2.05, 4.69) is 11.4 Å². The van der Waals surface area contributed by atoms with Crippen LogP contribution in [0.1, 0.15) is 36.5 Å². The Bertz CT molecular complexity index is 742. The first-order valence-electron chi connectivity index (χ1n) is 8.17. The molecule has 126 valence electrons. The number of nitrogens with zero attached hydrogens (tertiary/aromatic N) is 1. The van der Waals surface area contributed by atoms with Gasteiger partial charge in [-0.15, -0.1) is 0 Å². The monoisotopic (exact) mass is 342 g/mol. The summed E-state index contributed by atoms with van der Waals surface area (Å²) in [5.41, 5.74) is 2.24. The second-order valence-corrected chi connectivity index (χ2v) is 7.17. The summed E-state index contributed by atoms with van der Waals surface area (Å²) in [5.74, 6) is -0.222. The largest absolute Gasteiger partial charge is 0.339 e. The van der Waals surface area contributed by atoms with Crippen LogP contribution in [0, 0.1) is 0 Å². The van der Waals surface area contributed by atoms with Crippen molar-refractivity contribution < 1.29 is 9.59 Å². The van der Waals surface area contributed by atoms with E-state index in [1.165, 1.54) is 6.92 Å². The molecule has 4 nitrogen and oxygen atoms in total. The number of aryl methyl sites for hydroxylation is 1. The number of fused-ring (bicyclic) bond motifs is 1. The van der Waals surface area contributed by atoms with Crippen molar-refractivity contribution in [1.82, 2.24) is 10.2 Å². The highest BCUT2D eigenvalue weighted by molar-refractivity contribution is 7.07. The SMILES string of the molecule is CC(=O)N[C@@]1(C(=O)N(C)Cc2ccsc2)CCCc2ccccc21. The first kappa shape index (κ1) is 16.7. The molecule has 5 heteroatoms. The number of nitrogens with one attached hydrogen (secondary N) is 1. The van der Waals surface area contributed by atoms with Crippen LogP contribution in [0.25, 0.3) is 0 Å². The summed E-state index contributed by atoms with van der Waals surface area (Å²) in [7, 11) is 1.81. The number of carbonyl (C=O) groups is 2. The van der Waals surface area contributed by atoms with Crippen LogP contribution in [-0.2, 0) is 28.1 Å². The molecule has 1 N–H and O–H groups in total. The van der Waals surface area contributed by atoms with Gasteiger partial charge in [0.25, 0.3) is 5.91 Å². The molecule has 1 heterocycles. The van der Waals surface area contributed by atoms with Crippen molar-refractivity contribution in [3.8, 4) is 0 Å². The molecular weight excluding hydrogens is 320 g/mol. The molecule has 1 aliphatic carbocycles. The molecule has 1 aliphatic rings. The average Bonchev–Trinajstić information content (AvgIpc) is 3.07. The van der Waals surface area contributed by atoms with Gasteiger partial charge in [0.15, 0.2) is 0 Å². The van der Waals surface area contributed by atoms with E-state index in [1.807, 2.05) is 35.0 Å². The van der Waals surface area contributed by atoms with E-state index in [1.54, 1.807) is 23.3 Å². The molecule has 0 bridgehead atoms. The lowest BCUT2D eigenvalue weighted by molar-refractivity contribution is -0.142. The number of likely N-dealkylation sites (N-methyl/N-ethyl adjacent to an activating group) is 1. The van der Waals surface area contributed by atoms with E-state index >= 15 is 0 Å². The molecule has 1 aromatic heterocycles. The van der Waals surface area contributed by atoms with Gasteiger partial charge < -0.3 is 10.2 Å². The Kier molecular flexibility index (Phi) is 4.71. The van der Waals surface area contributed by atoms with Gasteiger partial charge in [0.2, 0.25) is 5.91 Å². The Hall–Kier alpha value is -2.14. The van der Waals surface area contributed by atoms with Gasteiger partial charge in [-0.1, -0.05) is 24.3 Å². The lowest BCUT2D eigenvalue weighted by Gasteiger charge is -2.40. The van der Waals surface area contributed by atoms with E-state index in [9.17, 15) is 9.59 Å². The van der Waals surface area contributed by atoms with Crippen LogP contribution in [-0.4, -0.2) is 23.8 Å². The van der Waals surface area contributed by atoms with Crippen molar-refractivity contribution in [1.29, 1.82) is 0 Å². The van der Waals surface area contributed by atoms with Crippen LogP contribution in [0.2, 0.25) is 0 Å². The number of rotatable bonds is 4. The standard InChI is InChI=1S/C19H22N2O2S/c1-14(22)20-19(10-5-7-16-6-3-4-8-17(16)19)18(23)21(2)12-15-9-11-24-13-15/h3-4,6,8-9,11,13H,5,7,10,12H2,1-2H3,(H,20,22)/t19-/m0/s1. The first-order valence-corrected chi connectivity index (χ1v) is 9.11. The van der Waals surface area contributed by atoms with Crippen LogP contribution < -0.4 is 5.32 Å². The molecule has 24 heavy (non-hydrogen) atoms. The number of thiophene rings is 1. The summed E-state index contributed by atoms with van der Waals surface area (Å²) in [6.07, 6.45) is 2.46. The third-order valence-electron chi connectivity index (χ3n) is 4.58. The van der Waals surface area contributed by atoms with Gasteiger partial charge in [-0.2, -0.15) is 11.3 Å². The first-order chi connectivity index (χ1) is 11.5. The highest BCUT2D eigenvalue weighted by Gasteiger charge is 2.45. The van der Waals surface area contributed by atoms with Gasteiger partial charge in [0.05, 0.1) is 0 Å². The zero-order valence-corrected chi connectivity index (χ0v) is 14.9. The lowest BCUT2D eigenvalue weighted by Crippen LogP contribution is -2.57. The Morgan fingerprint density at radius 3 is 2.79 bits per heavy atom. The topological polar surface area (TPSA) is 49.4 Å². The number of benzene rings is 1. The van der Waals surface area contributed by atoms with Gasteiger partial charge in [0.1, 0.15) is 5.54 Å². The summed E-state index contributed by atoms with van der Waals surface area (Å²) in [5, 5.41) is 7.04. The quantitative estimate of drug-likeness (QED) is 0.928. The van der Waals surface area contributed by atoms with Gasteiger partial charge in [-0.05, 0) is 52.8 Å². The number of carbonyl (C=O) groups excluding carboxylic acids is 2. The number of hydrogen-bond donors (Lipinski definition) is 1. The molecule has 0 saturated heterocycles. The normalized spacial score (nSPS) is 19.4. The zero-order valence-electron chi connectivity index (χ0n) is 14.0. The Labute approximate surface area is 146 Å². The van der Waals surface area contributed by atoms with E-state index < -0.39 is 5.54 Å². The highest BCUT2D eigenvalue weighted by Crippen LogP contribution is 2.37. The van der Waals surface area contributed by atoms with Crippen molar-refractivity contribution in [2.24, 2.45) is 0 Å². The maximum absolute atomic E-state index is 13.4. The van der Waals surface area contributed by atoms with Crippen LogP contribution in [0.15, 0.2) is 41.1 Å². The molecule has 2 amide bonds. The van der Waals surface area contributed by atoms with Gasteiger partial charge in [-0.3, -0.25) is 9.59 Å². The minimum Gasteiger partial charge on any atom is -0.339 e.